The van der Waals surface area contributed by atoms with Crippen LogP contribution < -0.4 is 5.43 Å². The number of fused-ring (bicyclic) bond motifs is 1. The summed E-state index contributed by atoms with van der Waals surface area (Å²) in [5, 5.41) is 7.35. The number of rotatable bonds is 2. The zero-order chi connectivity index (χ0) is 15.6. The summed E-state index contributed by atoms with van der Waals surface area (Å²) in [5.41, 5.74) is 6.87. The van der Waals surface area contributed by atoms with E-state index in [4.69, 9.17) is 16.6 Å². The van der Waals surface area contributed by atoms with Crippen molar-refractivity contribution in [2.75, 3.05) is 0 Å². The van der Waals surface area contributed by atoms with Crippen molar-refractivity contribution < 1.29 is 0 Å². The zero-order valence-corrected chi connectivity index (χ0v) is 13.6. The van der Waals surface area contributed by atoms with Gasteiger partial charge >= 0.3 is 0 Å². The highest BCUT2D eigenvalue weighted by Gasteiger charge is 2.17. The summed E-state index contributed by atoms with van der Waals surface area (Å²) in [4.78, 5) is 5.86. The molecule has 0 bridgehead atoms. The van der Waals surface area contributed by atoms with Crippen LogP contribution in [0, 0.1) is 0 Å². The van der Waals surface area contributed by atoms with Crippen molar-refractivity contribution in [1.82, 2.24) is 5.43 Å². The first kappa shape index (κ1) is 14.2. The number of amidine groups is 1. The second kappa shape index (κ2) is 5.99. The molecule has 0 aliphatic carbocycles. The average Bonchev–Trinajstić information content (AvgIpc) is 3.03. The lowest BCUT2D eigenvalue weighted by Gasteiger charge is -2.04. The molecule has 0 atom stereocenters. The first-order chi connectivity index (χ1) is 11.3. The Kier molecular flexibility index (Phi) is 3.69. The molecule has 23 heavy (non-hydrogen) atoms. The van der Waals surface area contributed by atoms with Gasteiger partial charge in [-0.25, -0.2) is 4.99 Å². The van der Waals surface area contributed by atoms with Crippen LogP contribution in [0.4, 0.5) is 5.69 Å². The van der Waals surface area contributed by atoms with E-state index in [1.54, 1.807) is 11.3 Å². The summed E-state index contributed by atoms with van der Waals surface area (Å²) < 4.78 is 0. The monoisotopic (exact) mass is 337 g/mol. The quantitative estimate of drug-likeness (QED) is 0.714. The van der Waals surface area contributed by atoms with E-state index in [1.165, 1.54) is 0 Å². The Morgan fingerprint density at radius 3 is 2.52 bits per heavy atom. The number of nitrogens with zero attached hydrogens (tertiary/aromatic N) is 2. The van der Waals surface area contributed by atoms with Gasteiger partial charge in [-0.15, -0.1) is 11.3 Å². The van der Waals surface area contributed by atoms with Crippen LogP contribution in [0.5, 0.6) is 0 Å². The van der Waals surface area contributed by atoms with Gasteiger partial charge in [-0.1, -0.05) is 35.9 Å². The van der Waals surface area contributed by atoms with E-state index >= 15 is 0 Å². The second-order valence-electron chi connectivity index (χ2n) is 5.03. The van der Waals surface area contributed by atoms with Gasteiger partial charge in [-0.05, 0) is 41.8 Å². The second-order valence-corrected chi connectivity index (χ2v) is 6.42. The number of halogens is 1. The van der Waals surface area contributed by atoms with E-state index in [0.717, 1.165) is 27.4 Å². The van der Waals surface area contributed by atoms with E-state index in [-0.39, 0.29) is 0 Å². The number of para-hydroxylation sites is 1. The Bertz CT molecular complexity index is 896. The maximum atomic E-state index is 5.97. The van der Waals surface area contributed by atoms with Crippen LogP contribution in [0.15, 0.2) is 76.1 Å². The molecule has 1 aliphatic rings. The van der Waals surface area contributed by atoms with Crippen LogP contribution in [0.1, 0.15) is 16.0 Å². The molecule has 0 radical (unpaired) electrons. The maximum absolute atomic E-state index is 5.97. The third-order valence-electron chi connectivity index (χ3n) is 3.54. The van der Waals surface area contributed by atoms with Gasteiger partial charge < -0.3 is 0 Å². The third kappa shape index (κ3) is 2.79. The van der Waals surface area contributed by atoms with Crippen molar-refractivity contribution in [3.05, 3.63) is 87.1 Å². The number of hydrogen-bond acceptors (Lipinski definition) is 4. The largest absolute Gasteiger partial charge is 0.260 e. The van der Waals surface area contributed by atoms with Crippen LogP contribution in [0.3, 0.4) is 0 Å². The molecule has 3 aromatic rings. The molecule has 0 unspecified atom stereocenters. The molecule has 4 rings (SSSR count). The zero-order valence-electron chi connectivity index (χ0n) is 12.0. The summed E-state index contributed by atoms with van der Waals surface area (Å²) in [7, 11) is 0. The van der Waals surface area contributed by atoms with E-state index < -0.39 is 0 Å². The predicted octanol–water partition coefficient (Wildman–Crippen LogP) is 4.84. The highest BCUT2D eigenvalue weighted by atomic mass is 35.5. The number of aliphatic imine (C=N–C) groups is 1. The van der Waals surface area contributed by atoms with Crippen molar-refractivity contribution in [3.8, 4) is 0 Å². The number of hydrazone groups is 1. The van der Waals surface area contributed by atoms with E-state index in [2.05, 4.69) is 16.6 Å². The number of hydrogen-bond donors (Lipinski definition) is 1. The fourth-order valence-electron chi connectivity index (χ4n) is 2.42. The van der Waals surface area contributed by atoms with E-state index in [0.29, 0.717) is 10.9 Å². The molecule has 1 N–H and O–H groups in total. The fourth-order valence-corrected chi connectivity index (χ4v) is 3.28. The van der Waals surface area contributed by atoms with E-state index in [9.17, 15) is 0 Å². The minimum atomic E-state index is 0.700. The summed E-state index contributed by atoms with van der Waals surface area (Å²) in [6.45, 7) is 0. The summed E-state index contributed by atoms with van der Waals surface area (Å²) >= 11 is 7.63. The van der Waals surface area contributed by atoms with Crippen molar-refractivity contribution in [2.24, 2.45) is 10.1 Å². The molecule has 1 aliphatic heterocycles. The molecule has 0 saturated heterocycles. The normalized spacial score (nSPS) is 13.4. The Balaban J connectivity index is 1.84. The smallest absolute Gasteiger partial charge is 0.154 e. The Morgan fingerprint density at radius 1 is 0.913 bits per heavy atom. The predicted molar refractivity (Wildman–Crippen MR) is 97.2 cm³/mol. The fraction of sp³-hybridized carbons (Fsp3) is 0. The molecule has 112 valence electrons. The lowest BCUT2D eigenvalue weighted by atomic mass is 10.1. The molecular formula is C18H12ClN3S. The lowest BCUT2D eigenvalue weighted by Crippen LogP contribution is -2.19. The minimum Gasteiger partial charge on any atom is -0.260 e. The molecule has 0 amide bonds. The highest BCUT2D eigenvalue weighted by molar-refractivity contribution is 7.12. The lowest BCUT2D eigenvalue weighted by molar-refractivity contribution is 1.03. The van der Waals surface area contributed by atoms with Gasteiger partial charge in [-0.2, -0.15) is 5.10 Å². The average molecular weight is 338 g/mol. The Labute approximate surface area is 143 Å². The Hall–Kier alpha value is -2.43. The molecule has 5 heteroatoms. The topological polar surface area (TPSA) is 36.8 Å². The van der Waals surface area contributed by atoms with Crippen LogP contribution >= 0.6 is 22.9 Å². The molecule has 2 heterocycles. The molecule has 3 nitrogen and oxygen atoms in total. The van der Waals surface area contributed by atoms with E-state index in [1.807, 2.05) is 60.0 Å². The SMILES string of the molecule is Clc1ccc(C2=Nc3ccccc3C(c3cccs3)=NN2)cc1. The standard InChI is InChI=1S/C18H12ClN3S/c19-13-9-7-12(8-10-13)18-20-15-5-2-1-4-14(15)17(21-22-18)16-6-3-11-23-16/h1-11H,(H,20,22). The minimum absolute atomic E-state index is 0.700. The maximum Gasteiger partial charge on any atom is 0.154 e. The van der Waals surface area contributed by atoms with Crippen molar-refractivity contribution in [1.29, 1.82) is 0 Å². The third-order valence-corrected chi connectivity index (χ3v) is 4.67. The molecule has 2 aromatic carbocycles. The van der Waals surface area contributed by atoms with Gasteiger partial charge in [-0.3, -0.25) is 5.43 Å². The molecule has 0 saturated carbocycles. The van der Waals surface area contributed by atoms with Gasteiger partial charge in [0.25, 0.3) is 0 Å². The van der Waals surface area contributed by atoms with Crippen molar-refractivity contribution >= 4 is 40.2 Å². The first-order valence-electron chi connectivity index (χ1n) is 7.13. The van der Waals surface area contributed by atoms with Crippen LogP contribution in [-0.4, -0.2) is 11.5 Å². The molecule has 1 aromatic heterocycles. The van der Waals surface area contributed by atoms with Gasteiger partial charge in [0.1, 0.15) is 5.71 Å². The molecule has 0 spiro atoms. The van der Waals surface area contributed by atoms with Crippen LogP contribution in [0.25, 0.3) is 0 Å². The van der Waals surface area contributed by atoms with Crippen molar-refractivity contribution in [2.45, 2.75) is 0 Å². The summed E-state index contributed by atoms with van der Waals surface area (Å²) in [6, 6.07) is 19.7. The van der Waals surface area contributed by atoms with Gasteiger partial charge in [0.05, 0.1) is 10.6 Å². The highest BCUT2D eigenvalue weighted by Crippen LogP contribution is 2.27. The number of benzene rings is 2. The number of nitrogens with one attached hydrogen (secondary N) is 1. The van der Waals surface area contributed by atoms with Gasteiger partial charge in [0, 0.05) is 16.1 Å². The van der Waals surface area contributed by atoms with Crippen LogP contribution in [0.2, 0.25) is 5.02 Å². The molecule has 0 fully saturated rings. The Morgan fingerprint density at radius 2 is 1.74 bits per heavy atom. The first-order valence-corrected chi connectivity index (χ1v) is 8.38. The van der Waals surface area contributed by atoms with Crippen molar-refractivity contribution in [3.63, 3.8) is 0 Å². The summed E-state index contributed by atoms with van der Waals surface area (Å²) in [5.74, 6) is 0.709. The number of thiophene rings is 1. The van der Waals surface area contributed by atoms with Gasteiger partial charge in [0.15, 0.2) is 5.84 Å². The summed E-state index contributed by atoms with van der Waals surface area (Å²) in [6.07, 6.45) is 0. The van der Waals surface area contributed by atoms with Crippen LogP contribution in [-0.2, 0) is 0 Å². The van der Waals surface area contributed by atoms with Gasteiger partial charge in [0.2, 0.25) is 0 Å². The molecular weight excluding hydrogens is 326 g/mol.